The smallest absolute Gasteiger partial charge is 0.280 e. The number of nitrogens with one attached hydrogen (secondary N) is 2. The maximum Gasteiger partial charge on any atom is 0.280 e. The van der Waals surface area contributed by atoms with Crippen molar-refractivity contribution in [2.24, 2.45) is 7.05 Å². The zero-order valence-corrected chi connectivity index (χ0v) is 14.8. The lowest BCUT2D eigenvalue weighted by molar-refractivity contribution is 0.0961. The van der Waals surface area contributed by atoms with Gasteiger partial charge in [-0.3, -0.25) is 19.1 Å². The monoisotopic (exact) mass is 370 g/mol. The van der Waals surface area contributed by atoms with E-state index in [9.17, 15) is 14.4 Å². The minimum atomic E-state index is -0.665. The summed E-state index contributed by atoms with van der Waals surface area (Å²) in [6, 6.07) is 11.2. The Hall–Kier alpha value is -3.19. The summed E-state index contributed by atoms with van der Waals surface area (Å²) in [5.41, 5.74) is 0.563. The van der Waals surface area contributed by atoms with Crippen LogP contribution in [-0.4, -0.2) is 28.6 Å². The summed E-state index contributed by atoms with van der Waals surface area (Å²) in [5, 5.41) is 9.87. The molecular formula is C18H15ClN4O3. The second-order valence-corrected chi connectivity index (χ2v) is 6.01. The van der Waals surface area contributed by atoms with Crippen LogP contribution in [0.3, 0.4) is 0 Å². The SMILES string of the molecule is CNC(=O)c1cccc(NC(=O)c2nn(C)c3ccc(Cl)cc3c2=O)c1. The quantitative estimate of drug-likeness (QED) is 0.739. The summed E-state index contributed by atoms with van der Waals surface area (Å²) < 4.78 is 1.45. The standard InChI is InChI=1S/C18H15ClN4O3/c1-20-17(25)10-4-3-5-12(8-10)21-18(26)15-16(24)13-9-11(19)6-7-14(13)23(2)22-15/h3-9H,1-2H3,(H,20,25)(H,21,26). The molecule has 0 aliphatic rings. The number of benzene rings is 2. The van der Waals surface area contributed by atoms with Crippen molar-refractivity contribution in [2.75, 3.05) is 12.4 Å². The van der Waals surface area contributed by atoms with Crippen molar-refractivity contribution in [3.05, 3.63) is 69.0 Å². The first kappa shape index (κ1) is 17.6. The highest BCUT2D eigenvalue weighted by molar-refractivity contribution is 6.31. The van der Waals surface area contributed by atoms with E-state index in [1.807, 2.05) is 0 Å². The molecule has 3 aromatic rings. The molecule has 0 saturated carbocycles. The highest BCUT2D eigenvalue weighted by Crippen LogP contribution is 2.16. The number of halogens is 1. The van der Waals surface area contributed by atoms with Crippen molar-refractivity contribution in [1.82, 2.24) is 15.1 Å². The Bertz CT molecular complexity index is 1090. The van der Waals surface area contributed by atoms with Crippen LogP contribution < -0.4 is 16.1 Å². The summed E-state index contributed by atoms with van der Waals surface area (Å²) >= 11 is 5.96. The van der Waals surface area contributed by atoms with Crippen LogP contribution in [0.25, 0.3) is 10.9 Å². The summed E-state index contributed by atoms with van der Waals surface area (Å²) in [5.74, 6) is -0.947. The van der Waals surface area contributed by atoms with Crippen LogP contribution in [0.2, 0.25) is 5.02 Å². The summed E-state index contributed by atoms with van der Waals surface area (Å²) in [7, 11) is 3.15. The Balaban J connectivity index is 2.00. The maximum absolute atomic E-state index is 12.6. The number of aromatic nitrogens is 2. The van der Waals surface area contributed by atoms with Gasteiger partial charge in [0.05, 0.1) is 10.9 Å². The number of carbonyl (C=O) groups is 2. The van der Waals surface area contributed by atoms with Gasteiger partial charge in [0.15, 0.2) is 5.69 Å². The lowest BCUT2D eigenvalue weighted by atomic mass is 10.1. The fraction of sp³-hybridized carbons (Fsp3) is 0.111. The van der Waals surface area contributed by atoms with Crippen LogP contribution >= 0.6 is 11.6 Å². The molecule has 7 nitrogen and oxygen atoms in total. The van der Waals surface area contributed by atoms with E-state index < -0.39 is 11.3 Å². The number of fused-ring (bicyclic) bond motifs is 1. The predicted octanol–water partition coefficient (Wildman–Crippen LogP) is 2.20. The predicted molar refractivity (Wildman–Crippen MR) is 99.8 cm³/mol. The van der Waals surface area contributed by atoms with E-state index in [-0.39, 0.29) is 11.6 Å². The number of aryl methyl sites for hydroxylation is 1. The van der Waals surface area contributed by atoms with Crippen LogP contribution in [0, 0.1) is 0 Å². The third-order valence-electron chi connectivity index (χ3n) is 3.84. The van der Waals surface area contributed by atoms with Gasteiger partial charge in [0.2, 0.25) is 5.43 Å². The first-order valence-corrected chi connectivity index (χ1v) is 8.08. The van der Waals surface area contributed by atoms with E-state index in [1.165, 1.54) is 23.9 Å². The van der Waals surface area contributed by atoms with Gasteiger partial charge < -0.3 is 10.6 Å². The Kier molecular flexibility index (Phi) is 4.73. The van der Waals surface area contributed by atoms with Crippen molar-refractivity contribution < 1.29 is 9.59 Å². The molecule has 1 heterocycles. The van der Waals surface area contributed by atoms with Gasteiger partial charge in [-0.15, -0.1) is 0 Å². The van der Waals surface area contributed by atoms with Crippen molar-refractivity contribution in [1.29, 1.82) is 0 Å². The second kappa shape index (κ2) is 6.97. The molecule has 0 radical (unpaired) electrons. The van der Waals surface area contributed by atoms with E-state index in [2.05, 4.69) is 15.7 Å². The molecule has 0 atom stereocenters. The molecule has 3 rings (SSSR count). The summed E-state index contributed by atoms with van der Waals surface area (Å²) in [6.45, 7) is 0. The Morgan fingerprint density at radius 3 is 2.62 bits per heavy atom. The van der Waals surface area contributed by atoms with Gasteiger partial charge in [-0.2, -0.15) is 5.10 Å². The van der Waals surface area contributed by atoms with Crippen LogP contribution in [0.5, 0.6) is 0 Å². The van der Waals surface area contributed by atoms with E-state index in [0.717, 1.165) is 0 Å². The van der Waals surface area contributed by atoms with E-state index in [0.29, 0.717) is 27.2 Å². The topological polar surface area (TPSA) is 93.1 Å². The van der Waals surface area contributed by atoms with Crippen molar-refractivity contribution in [2.45, 2.75) is 0 Å². The normalized spacial score (nSPS) is 10.6. The Morgan fingerprint density at radius 1 is 1.12 bits per heavy atom. The fourth-order valence-electron chi connectivity index (χ4n) is 2.57. The zero-order chi connectivity index (χ0) is 18.8. The van der Waals surface area contributed by atoms with Gasteiger partial charge in [-0.25, -0.2) is 0 Å². The minimum absolute atomic E-state index is 0.257. The minimum Gasteiger partial charge on any atom is -0.355 e. The largest absolute Gasteiger partial charge is 0.355 e. The molecule has 2 N–H and O–H groups in total. The van der Waals surface area contributed by atoms with Gasteiger partial charge in [0.1, 0.15) is 0 Å². The number of hydrogen-bond donors (Lipinski definition) is 2. The summed E-state index contributed by atoms with van der Waals surface area (Å²) in [6.07, 6.45) is 0. The van der Waals surface area contributed by atoms with Crippen LogP contribution in [-0.2, 0) is 7.05 Å². The molecular weight excluding hydrogens is 356 g/mol. The molecule has 0 bridgehead atoms. The molecule has 0 unspecified atom stereocenters. The molecule has 26 heavy (non-hydrogen) atoms. The van der Waals surface area contributed by atoms with E-state index in [1.54, 1.807) is 37.4 Å². The fourth-order valence-corrected chi connectivity index (χ4v) is 2.74. The molecule has 0 spiro atoms. The van der Waals surface area contributed by atoms with Crippen molar-refractivity contribution >= 4 is 40.0 Å². The number of hydrogen-bond acceptors (Lipinski definition) is 4. The van der Waals surface area contributed by atoms with Gasteiger partial charge >= 0.3 is 0 Å². The molecule has 132 valence electrons. The molecule has 2 amide bonds. The molecule has 0 aliphatic heterocycles. The number of anilines is 1. The average Bonchev–Trinajstić information content (AvgIpc) is 2.64. The van der Waals surface area contributed by atoms with Crippen molar-refractivity contribution in [3.8, 4) is 0 Å². The summed E-state index contributed by atoms with van der Waals surface area (Å²) in [4.78, 5) is 36.9. The third-order valence-corrected chi connectivity index (χ3v) is 4.08. The highest BCUT2D eigenvalue weighted by atomic mass is 35.5. The molecule has 8 heteroatoms. The van der Waals surface area contributed by atoms with Crippen molar-refractivity contribution in [3.63, 3.8) is 0 Å². The number of nitrogens with zero attached hydrogens (tertiary/aromatic N) is 2. The van der Waals surface area contributed by atoms with Gasteiger partial charge in [-0.1, -0.05) is 17.7 Å². The van der Waals surface area contributed by atoms with Gasteiger partial charge in [0.25, 0.3) is 11.8 Å². The third kappa shape index (κ3) is 3.29. The van der Waals surface area contributed by atoms with Crippen LogP contribution in [0.15, 0.2) is 47.3 Å². The van der Waals surface area contributed by atoms with Crippen LogP contribution in [0.1, 0.15) is 20.8 Å². The number of carbonyl (C=O) groups excluding carboxylic acids is 2. The second-order valence-electron chi connectivity index (χ2n) is 5.58. The van der Waals surface area contributed by atoms with E-state index in [4.69, 9.17) is 11.6 Å². The molecule has 0 fully saturated rings. The number of amides is 2. The van der Waals surface area contributed by atoms with E-state index >= 15 is 0 Å². The van der Waals surface area contributed by atoms with Crippen LogP contribution in [0.4, 0.5) is 5.69 Å². The zero-order valence-electron chi connectivity index (χ0n) is 14.0. The first-order chi connectivity index (χ1) is 12.4. The Morgan fingerprint density at radius 2 is 1.88 bits per heavy atom. The maximum atomic E-state index is 12.6. The highest BCUT2D eigenvalue weighted by Gasteiger charge is 2.17. The molecule has 1 aromatic heterocycles. The first-order valence-electron chi connectivity index (χ1n) is 7.71. The molecule has 2 aromatic carbocycles. The number of rotatable bonds is 3. The lowest BCUT2D eigenvalue weighted by Crippen LogP contribution is -2.26. The van der Waals surface area contributed by atoms with Gasteiger partial charge in [-0.05, 0) is 36.4 Å². The Labute approximate surface area is 153 Å². The lowest BCUT2D eigenvalue weighted by Gasteiger charge is -2.09. The molecule has 0 saturated heterocycles. The average molecular weight is 371 g/mol. The van der Waals surface area contributed by atoms with Gasteiger partial charge in [0, 0.05) is 30.4 Å². The molecule has 0 aliphatic carbocycles.